The van der Waals surface area contributed by atoms with Gasteiger partial charge < -0.3 is 10.6 Å². The first-order valence-electron chi connectivity index (χ1n) is 14.2. The first kappa shape index (κ1) is 29.4. The number of hydrogen-bond acceptors (Lipinski definition) is 7. The van der Waals surface area contributed by atoms with Gasteiger partial charge in [0.1, 0.15) is 17.3 Å². The van der Waals surface area contributed by atoms with E-state index in [0.29, 0.717) is 62.7 Å². The van der Waals surface area contributed by atoms with Gasteiger partial charge in [0.15, 0.2) is 0 Å². The first-order valence-corrected chi connectivity index (χ1v) is 14.6. The SMILES string of the molecule is CCC(Nc1c(C#N)cnc2c(Cl)cc(NC(c3cn(C4(C(F)F)CC4)nn3)c3ccc(F)nc3C)cc12)c1ccccc1. The zero-order valence-corrected chi connectivity index (χ0v) is 24.7. The van der Waals surface area contributed by atoms with Gasteiger partial charge in [0.05, 0.1) is 40.1 Å². The molecule has 8 nitrogen and oxygen atoms in total. The van der Waals surface area contributed by atoms with Crippen molar-refractivity contribution >= 4 is 33.9 Å². The largest absolute Gasteiger partial charge is 0.377 e. The lowest BCUT2D eigenvalue weighted by molar-refractivity contribution is 0.0593. The highest BCUT2D eigenvalue weighted by Crippen LogP contribution is 2.48. The minimum atomic E-state index is -2.59. The summed E-state index contributed by atoms with van der Waals surface area (Å²) in [6, 6.07) is 17.6. The fourth-order valence-corrected chi connectivity index (χ4v) is 5.76. The van der Waals surface area contributed by atoms with Crippen molar-refractivity contribution in [1.82, 2.24) is 25.0 Å². The number of alkyl halides is 2. The van der Waals surface area contributed by atoms with Crippen molar-refractivity contribution in [3.63, 3.8) is 0 Å². The van der Waals surface area contributed by atoms with E-state index in [1.54, 1.807) is 19.1 Å². The Balaban J connectivity index is 1.44. The molecule has 12 heteroatoms. The first-order chi connectivity index (χ1) is 21.2. The lowest BCUT2D eigenvalue weighted by atomic mass is 10.0. The van der Waals surface area contributed by atoms with Crippen LogP contribution in [0.15, 0.2) is 67.0 Å². The number of hydrogen-bond donors (Lipinski definition) is 2. The van der Waals surface area contributed by atoms with E-state index in [4.69, 9.17) is 11.6 Å². The number of nitriles is 1. The van der Waals surface area contributed by atoms with Crippen molar-refractivity contribution in [2.45, 2.75) is 57.2 Å². The van der Waals surface area contributed by atoms with E-state index in [0.717, 1.165) is 12.0 Å². The number of anilines is 2. The molecule has 1 fully saturated rings. The van der Waals surface area contributed by atoms with E-state index >= 15 is 0 Å². The molecule has 0 aliphatic heterocycles. The van der Waals surface area contributed by atoms with E-state index in [2.05, 4.69) is 43.9 Å². The zero-order valence-electron chi connectivity index (χ0n) is 23.9. The van der Waals surface area contributed by atoms with Crippen LogP contribution in [0.1, 0.15) is 66.3 Å². The van der Waals surface area contributed by atoms with Crippen LogP contribution in [-0.2, 0) is 5.54 Å². The molecule has 2 N–H and O–H groups in total. The number of nitrogens with one attached hydrogen (secondary N) is 2. The van der Waals surface area contributed by atoms with Gasteiger partial charge in [0.2, 0.25) is 5.95 Å². The molecule has 5 aromatic rings. The van der Waals surface area contributed by atoms with Gasteiger partial charge in [-0.05, 0) is 49.9 Å². The third-order valence-corrected chi connectivity index (χ3v) is 8.41. The number of aromatic nitrogens is 5. The molecule has 0 radical (unpaired) electrons. The molecule has 2 atom stereocenters. The average molecular weight is 617 g/mol. The number of halogens is 4. The molecule has 3 heterocycles. The van der Waals surface area contributed by atoms with Crippen molar-refractivity contribution in [2.75, 3.05) is 10.6 Å². The van der Waals surface area contributed by atoms with Gasteiger partial charge in [-0.25, -0.2) is 18.4 Å². The Bertz CT molecular complexity index is 1870. The number of fused-ring (bicyclic) bond motifs is 1. The number of pyridine rings is 2. The number of rotatable bonds is 10. The standard InChI is InChI=1S/C32H28ClF3N8/c1-3-25(19-7-5-4-6-8-19)41-28-20(15-37)16-38-29-23(28)13-21(14-24(29)33)40-30(22-9-10-27(34)39-18(22)2)26-17-44(43-42-26)32(11-12-32)31(35)36/h4-10,13-14,16-17,25,30-31,40H,3,11-12H2,1-2H3,(H,38,41). The van der Waals surface area contributed by atoms with Gasteiger partial charge in [-0.3, -0.25) is 4.98 Å². The summed E-state index contributed by atoms with van der Waals surface area (Å²) in [7, 11) is 0. The summed E-state index contributed by atoms with van der Waals surface area (Å²) in [6.07, 6.45) is 1.75. The molecule has 224 valence electrons. The molecule has 44 heavy (non-hydrogen) atoms. The minimum absolute atomic E-state index is 0.0930. The van der Waals surface area contributed by atoms with Gasteiger partial charge in [-0.1, -0.05) is 60.1 Å². The molecule has 1 aliphatic carbocycles. The van der Waals surface area contributed by atoms with Crippen molar-refractivity contribution in [3.8, 4) is 6.07 Å². The lowest BCUT2D eigenvalue weighted by Crippen LogP contribution is -2.26. The van der Waals surface area contributed by atoms with Crippen LogP contribution in [0.25, 0.3) is 10.9 Å². The number of aryl methyl sites for hydroxylation is 1. The van der Waals surface area contributed by atoms with Crippen molar-refractivity contribution in [3.05, 3.63) is 106 Å². The van der Waals surface area contributed by atoms with Crippen LogP contribution in [0, 0.1) is 24.2 Å². The van der Waals surface area contributed by atoms with Crippen LogP contribution in [0.3, 0.4) is 0 Å². The quantitative estimate of drug-likeness (QED) is 0.155. The molecule has 3 aromatic heterocycles. The third-order valence-electron chi connectivity index (χ3n) is 8.12. The van der Waals surface area contributed by atoms with Gasteiger partial charge in [0.25, 0.3) is 6.43 Å². The Kier molecular flexibility index (Phi) is 7.86. The summed E-state index contributed by atoms with van der Waals surface area (Å²) < 4.78 is 42.9. The summed E-state index contributed by atoms with van der Waals surface area (Å²) in [5, 5.41) is 26.2. The number of benzene rings is 2. The normalized spacial score (nSPS) is 15.1. The smallest absolute Gasteiger partial charge is 0.263 e. The van der Waals surface area contributed by atoms with Crippen molar-refractivity contribution < 1.29 is 13.2 Å². The van der Waals surface area contributed by atoms with Crippen LogP contribution in [0.2, 0.25) is 5.02 Å². The minimum Gasteiger partial charge on any atom is -0.377 e. The van der Waals surface area contributed by atoms with E-state index in [9.17, 15) is 18.4 Å². The van der Waals surface area contributed by atoms with Crippen molar-refractivity contribution in [2.24, 2.45) is 0 Å². The second-order valence-electron chi connectivity index (χ2n) is 10.9. The molecule has 1 saturated carbocycles. The Morgan fingerprint density at radius 2 is 1.89 bits per heavy atom. The molecule has 0 amide bonds. The fraction of sp³-hybridized carbons (Fsp3) is 0.281. The second kappa shape index (κ2) is 11.8. The van der Waals surface area contributed by atoms with Crippen molar-refractivity contribution in [1.29, 1.82) is 5.26 Å². The molecule has 0 spiro atoms. The Hall–Kier alpha value is -4.69. The molecule has 0 saturated heterocycles. The Labute approximate surface area is 256 Å². The number of nitrogens with zero attached hydrogens (tertiary/aromatic N) is 6. The van der Waals surface area contributed by atoms with Gasteiger partial charge in [-0.15, -0.1) is 5.10 Å². The Morgan fingerprint density at radius 3 is 2.55 bits per heavy atom. The molecular formula is C32H28ClF3N8. The maximum absolute atomic E-state index is 14.0. The fourth-order valence-electron chi connectivity index (χ4n) is 5.49. The lowest BCUT2D eigenvalue weighted by Gasteiger charge is -2.23. The zero-order chi connectivity index (χ0) is 31.0. The van der Waals surface area contributed by atoms with Crippen LogP contribution in [-0.4, -0.2) is 31.4 Å². The Morgan fingerprint density at radius 1 is 1.11 bits per heavy atom. The van der Waals surface area contributed by atoms with Crippen LogP contribution < -0.4 is 10.6 Å². The summed E-state index contributed by atoms with van der Waals surface area (Å²) >= 11 is 6.76. The molecule has 0 bridgehead atoms. The molecule has 2 aromatic carbocycles. The van der Waals surface area contributed by atoms with E-state index in [1.165, 1.54) is 23.1 Å². The third kappa shape index (κ3) is 5.42. The molecule has 1 aliphatic rings. The topological polar surface area (TPSA) is 104 Å². The average Bonchev–Trinajstić information content (AvgIpc) is 3.69. The predicted octanol–water partition coefficient (Wildman–Crippen LogP) is 7.71. The summed E-state index contributed by atoms with van der Waals surface area (Å²) in [6.45, 7) is 3.71. The second-order valence-corrected chi connectivity index (χ2v) is 11.3. The highest BCUT2D eigenvalue weighted by atomic mass is 35.5. The van der Waals surface area contributed by atoms with Gasteiger partial charge in [-0.2, -0.15) is 9.65 Å². The summed E-state index contributed by atoms with van der Waals surface area (Å²) in [5.74, 6) is -0.647. The van der Waals surface area contributed by atoms with Gasteiger partial charge in [0, 0.05) is 28.5 Å². The highest BCUT2D eigenvalue weighted by Gasteiger charge is 2.54. The molecule has 2 unspecified atom stereocenters. The van der Waals surface area contributed by atoms with Crippen LogP contribution in [0.4, 0.5) is 24.5 Å². The molecule has 6 rings (SSSR count). The maximum Gasteiger partial charge on any atom is 0.263 e. The molecular weight excluding hydrogens is 589 g/mol. The van der Waals surface area contributed by atoms with Crippen LogP contribution in [0.5, 0.6) is 0 Å². The summed E-state index contributed by atoms with van der Waals surface area (Å²) in [5.41, 5.74) is 2.97. The van der Waals surface area contributed by atoms with E-state index in [-0.39, 0.29) is 6.04 Å². The summed E-state index contributed by atoms with van der Waals surface area (Å²) in [4.78, 5) is 8.43. The maximum atomic E-state index is 14.0. The predicted molar refractivity (Wildman–Crippen MR) is 162 cm³/mol. The van der Waals surface area contributed by atoms with Gasteiger partial charge >= 0.3 is 0 Å². The van der Waals surface area contributed by atoms with Crippen LogP contribution >= 0.6 is 11.6 Å². The van der Waals surface area contributed by atoms with E-state index < -0.39 is 24.0 Å². The monoisotopic (exact) mass is 616 g/mol. The highest BCUT2D eigenvalue weighted by molar-refractivity contribution is 6.35. The van der Waals surface area contributed by atoms with E-state index in [1.807, 2.05) is 36.4 Å².